The summed E-state index contributed by atoms with van der Waals surface area (Å²) in [7, 11) is 0. The molecule has 170 valence electrons. The average Bonchev–Trinajstić information content (AvgIpc) is 2.70. The molecule has 4 nitrogen and oxygen atoms in total. The van der Waals surface area contributed by atoms with E-state index >= 15 is 0 Å². The van der Waals surface area contributed by atoms with Crippen LogP contribution in [0.1, 0.15) is 95.4 Å². The van der Waals surface area contributed by atoms with Crippen molar-refractivity contribution >= 4 is 11.7 Å². The number of benzene rings is 1. The zero-order chi connectivity index (χ0) is 23.0. The van der Waals surface area contributed by atoms with Crippen LogP contribution in [-0.4, -0.2) is 23.4 Å². The van der Waals surface area contributed by atoms with Crippen molar-refractivity contribution < 1.29 is 14.7 Å². The summed E-state index contributed by atoms with van der Waals surface area (Å²) in [5.41, 5.74) is 5.32. The molecule has 3 rings (SSSR count). The molecule has 1 aromatic rings. The molecule has 4 heteroatoms. The van der Waals surface area contributed by atoms with E-state index in [1.54, 1.807) is 6.08 Å². The Hall–Kier alpha value is -2.10. The van der Waals surface area contributed by atoms with Gasteiger partial charge in [-0.3, -0.25) is 4.79 Å². The number of carbonyl (C=O) groups is 1. The van der Waals surface area contributed by atoms with Crippen molar-refractivity contribution in [3.05, 3.63) is 47.0 Å². The molecule has 2 aliphatic carbocycles. The number of carboxylic acid groups (broad SMARTS) is 1. The number of rotatable bonds is 7. The van der Waals surface area contributed by atoms with E-state index in [0.29, 0.717) is 12.5 Å². The zero-order valence-corrected chi connectivity index (χ0v) is 20.1. The van der Waals surface area contributed by atoms with Crippen molar-refractivity contribution in [1.82, 2.24) is 0 Å². The molecule has 0 bridgehead atoms. The minimum absolute atomic E-state index is 0.132. The first-order valence-electron chi connectivity index (χ1n) is 11.8. The van der Waals surface area contributed by atoms with Crippen LogP contribution < -0.4 is 0 Å². The van der Waals surface area contributed by atoms with Crippen molar-refractivity contribution in [2.75, 3.05) is 6.61 Å². The van der Waals surface area contributed by atoms with Crippen molar-refractivity contribution in [3.63, 3.8) is 0 Å². The van der Waals surface area contributed by atoms with Crippen LogP contribution >= 0.6 is 0 Å². The van der Waals surface area contributed by atoms with Gasteiger partial charge in [0, 0.05) is 5.56 Å². The number of aliphatic carboxylic acids is 1. The number of hydrogen-bond acceptors (Lipinski definition) is 3. The topological polar surface area (TPSA) is 58.9 Å². The van der Waals surface area contributed by atoms with Crippen LogP contribution in [0, 0.1) is 17.3 Å². The Kier molecular flexibility index (Phi) is 6.69. The van der Waals surface area contributed by atoms with Gasteiger partial charge in [0.1, 0.15) is 6.61 Å². The summed E-state index contributed by atoms with van der Waals surface area (Å²) < 4.78 is 0. The van der Waals surface area contributed by atoms with Gasteiger partial charge in [-0.15, -0.1) is 0 Å². The number of carboxylic acids is 1. The third-order valence-electron chi connectivity index (χ3n) is 7.81. The van der Waals surface area contributed by atoms with Gasteiger partial charge in [-0.1, -0.05) is 64.9 Å². The summed E-state index contributed by atoms with van der Waals surface area (Å²) in [6.07, 6.45) is 6.34. The van der Waals surface area contributed by atoms with E-state index in [1.165, 1.54) is 16.7 Å². The van der Waals surface area contributed by atoms with Gasteiger partial charge in [-0.05, 0) is 78.5 Å². The molecule has 0 amide bonds. The Bertz CT molecular complexity index is 885. The summed E-state index contributed by atoms with van der Waals surface area (Å²) in [5, 5.41) is 14.6. The fraction of sp³-hybridized carbons (Fsp3) is 0.630. The maximum Gasteiger partial charge on any atom is 0.309 e. The quantitative estimate of drug-likeness (QED) is 0.236. The number of aryl methyl sites for hydroxylation is 1. The molecule has 1 unspecified atom stereocenters. The second-order valence-electron chi connectivity index (χ2n) is 10.6. The third-order valence-corrected chi connectivity index (χ3v) is 7.81. The van der Waals surface area contributed by atoms with Gasteiger partial charge < -0.3 is 9.94 Å². The van der Waals surface area contributed by atoms with Gasteiger partial charge in [0.05, 0.1) is 11.1 Å². The first-order valence-corrected chi connectivity index (χ1v) is 11.8. The number of fused-ring (bicyclic) bond motifs is 3. The standard InChI is InChI=1S/C27H39NO3/c1-8-14-31-28-24(18(4)5)21-16-22-19(15-20(21)17(2)3)10-11-23-26(22,6)12-9-13-27(23,7)25(29)30/h8,15-18,23H,1,9-14H2,2-7H3,(H,29,30)/b28-24+/t23?,26-,27-/m1/s1. The Balaban J connectivity index is 2.19. The van der Waals surface area contributed by atoms with Gasteiger partial charge in [0.2, 0.25) is 0 Å². The molecule has 31 heavy (non-hydrogen) atoms. The van der Waals surface area contributed by atoms with Crippen LogP contribution in [0.25, 0.3) is 0 Å². The zero-order valence-electron chi connectivity index (χ0n) is 20.1. The highest BCUT2D eigenvalue weighted by Crippen LogP contribution is 2.57. The van der Waals surface area contributed by atoms with Crippen molar-refractivity contribution in [2.24, 2.45) is 22.4 Å². The molecule has 0 aliphatic heterocycles. The largest absolute Gasteiger partial charge is 0.481 e. The van der Waals surface area contributed by atoms with Gasteiger partial charge in [-0.25, -0.2) is 0 Å². The van der Waals surface area contributed by atoms with Crippen LogP contribution in [0.3, 0.4) is 0 Å². The molecule has 2 aliphatic rings. The fourth-order valence-corrected chi connectivity index (χ4v) is 6.12. The molecule has 3 atom stereocenters. The highest BCUT2D eigenvalue weighted by molar-refractivity contribution is 6.03. The number of nitrogens with zero attached hydrogens (tertiary/aromatic N) is 1. The minimum Gasteiger partial charge on any atom is -0.481 e. The second kappa shape index (κ2) is 8.80. The van der Waals surface area contributed by atoms with E-state index in [4.69, 9.17) is 4.84 Å². The number of oxime groups is 1. The van der Waals surface area contributed by atoms with Crippen molar-refractivity contribution in [3.8, 4) is 0 Å². The van der Waals surface area contributed by atoms with E-state index in [2.05, 4.69) is 58.5 Å². The summed E-state index contributed by atoms with van der Waals surface area (Å²) in [6, 6.07) is 4.70. The number of hydrogen-bond donors (Lipinski definition) is 1. The summed E-state index contributed by atoms with van der Waals surface area (Å²) in [6.45, 7) is 17.1. The molecule has 1 fully saturated rings. The Labute approximate surface area is 187 Å². The van der Waals surface area contributed by atoms with E-state index < -0.39 is 11.4 Å². The molecule has 0 aromatic heterocycles. The van der Waals surface area contributed by atoms with E-state index in [0.717, 1.165) is 43.4 Å². The molecule has 0 heterocycles. The smallest absolute Gasteiger partial charge is 0.309 e. The van der Waals surface area contributed by atoms with E-state index in [9.17, 15) is 9.90 Å². The Morgan fingerprint density at radius 1 is 1.29 bits per heavy atom. The Morgan fingerprint density at radius 3 is 2.58 bits per heavy atom. The highest BCUT2D eigenvalue weighted by atomic mass is 16.6. The van der Waals surface area contributed by atoms with Gasteiger partial charge in [0.25, 0.3) is 0 Å². The molecular formula is C27H39NO3. The van der Waals surface area contributed by atoms with Gasteiger partial charge in [-0.2, -0.15) is 0 Å². The lowest BCUT2D eigenvalue weighted by atomic mass is 9.49. The van der Waals surface area contributed by atoms with Crippen LogP contribution in [0.4, 0.5) is 0 Å². The monoisotopic (exact) mass is 425 g/mol. The molecule has 1 N–H and O–H groups in total. The van der Waals surface area contributed by atoms with Crippen molar-refractivity contribution in [1.29, 1.82) is 0 Å². The minimum atomic E-state index is -0.663. The maximum absolute atomic E-state index is 12.3. The van der Waals surface area contributed by atoms with E-state index in [1.807, 2.05) is 6.92 Å². The second-order valence-corrected chi connectivity index (χ2v) is 10.6. The fourth-order valence-electron chi connectivity index (χ4n) is 6.12. The first-order chi connectivity index (χ1) is 14.6. The lowest BCUT2D eigenvalue weighted by Gasteiger charge is -2.53. The molecule has 0 spiro atoms. The molecular weight excluding hydrogens is 386 g/mol. The Morgan fingerprint density at radius 2 is 2.00 bits per heavy atom. The predicted octanol–water partition coefficient (Wildman–Crippen LogP) is 6.47. The first kappa shape index (κ1) is 23.6. The van der Waals surface area contributed by atoms with Crippen LogP contribution in [0.2, 0.25) is 0 Å². The maximum atomic E-state index is 12.3. The molecule has 0 radical (unpaired) electrons. The highest BCUT2D eigenvalue weighted by Gasteiger charge is 2.55. The molecule has 1 aromatic carbocycles. The summed E-state index contributed by atoms with van der Waals surface area (Å²) in [4.78, 5) is 17.8. The summed E-state index contributed by atoms with van der Waals surface area (Å²) in [5.74, 6) is 0.0779. The average molecular weight is 426 g/mol. The molecule has 0 saturated heterocycles. The third kappa shape index (κ3) is 4.06. The SMILES string of the molecule is C=CCO/N=C(/c1cc2c(cc1C(C)C)CCC1[C@](C)(C(=O)O)CCC[C@]21C)C(C)C. The van der Waals surface area contributed by atoms with E-state index in [-0.39, 0.29) is 17.3 Å². The normalized spacial score (nSPS) is 28.3. The van der Waals surface area contributed by atoms with Crippen molar-refractivity contribution in [2.45, 2.75) is 85.0 Å². The van der Waals surface area contributed by atoms with Gasteiger partial charge >= 0.3 is 5.97 Å². The lowest BCUT2D eigenvalue weighted by Crippen LogP contribution is -2.52. The molecule has 1 saturated carbocycles. The predicted molar refractivity (Wildman–Crippen MR) is 127 cm³/mol. The van der Waals surface area contributed by atoms with Crippen LogP contribution in [0.5, 0.6) is 0 Å². The van der Waals surface area contributed by atoms with Crippen LogP contribution in [0.15, 0.2) is 29.9 Å². The lowest BCUT2D eigenvalue weighted by molar-refractivity contribution is -0.157. The van der Waals surface area contributed by atoms with Crippen LogP contribution in [-0.2, 0) is 21.5 Å². The van der Waals surface area contributed by atoms with Gasteiger partial charge in [0.15, 0.2) is 0 Å². The summed E-state index contributed by atoms with van der Waals surface area (Å²) >= 11 is 0.